The van der Waals surface area contributed by atoms with Gasteiger partial charge in [-0.15, -0.1) is 0 Å². The van der Waals surface area contributed by atoms with E-state index in [0.717, 1.165) is 46.5 Å². The summed E-state index contributed by atoms with van der Waals surface area (Å²) in [7, 11) is 1.79. The minimum absolute atomic E-state index is 0.0581. The van der Waals surface area contributed by atoms with Crippen LogP contribution in [0, 0.1) is 0 Å². The fourth-order valence-electron chi connectivity index (χ4n) is 5.37. The van der Waals surface area contributed by atoms with E-state index in [1.54, 1.807) is 23.0 Å². The Bertz CT molecular complexity index is 1560. The average molecular weight is 550 g/mol. The van der Waals surface area contributed by atoms with Crippen LogP contribution in [0.2, 0.25) is 0 Å². The molecule has 6 rings (SSSR count). The van der Waals surface area contributed by atoms with E-state index < -0.39 is 0 Å². The zero-order chi connectivity index (χ0) is 28.3. The van der Waals surface area contributed by atoms with Crippen LogP contribution in [0.4, 0.5) is 0 Å². The summed E-state index contributed by atoms with van der Waals surface area (Å²) in [5.74, 6) is 1.01. The van der Waals surface area contributed by atoms with Crippen LogP contribution in [-0.2, 0) is 13.0 Å². The van der Waals surface area contributed by atoms with Gasteiger partial charge in [0.2, 0.25) is 0 Å². The Morgan fingerprint density at radius 3 is 2.63 bits per heavy atom. The number of carbonyl (C=O) groups is 2. The predicted octanol–water partition coefficient (Wildman–Crippen LogP) is 5.04. The maximum atomic E-state index is 13.9. The van der Waals surface area contributed by atoms with Crippen molar-refractivity contribution in [3.8, 4) is 16.9 Å². The number of likely N-dealkylation sites (N-methyl/N-ethyl adjacent to an activating group) is 1. The van der Waals surface area contributed by atoms with Gasteiger partial charge >= 0.3 is 0 Å². The number of aromatic nitrogens is 3. The predicted molar refractivity (Wildman–Crippen MR) is 157 cm³/mol. The van der Waals surface area contributed by atoms with Crippen LogP contribution < -0.4 is 4.74 Å². The molecular weight excluding hydrogens is 514 g/mol. The average Bonchev–Trinajstić information content (AvgIpc) is 3.76. The number of carbonyl (C=O) groups excluding carboxylic acids is 2. The third-order valence-electron chi connectivity index (χ3n) is 7.89. The van der Waals surface area contributed by atoms with Crippen molar-refractivity contribution in [1.82, 2.24) is 24.6 Å². The number of rotatable bonds is 4. The molecule has 2 amide bonds. The minimum atomic E-state index is -0.0608. The smallest absolute Gasteiger partial charge is 0.257 e. The summed E-state index contributed by atoms with van der Waals surface area (Å²) in [5.41, 5.74) is 6.31. The second kappa shape index (κ2) is 11.6. The molecule has 0 atom stereocenters. The monoisotopic (exact) mass is 549 g/mol. The van der Waals surface area contributed by atoms with E-state index in [-0.39, 0.29) is 11.8 Å². The molecule has 4 aromatic rings. The van der Waals surface area contributed by atoms with Crippen molar-refractivity contribution in [1.29, 1.82) is 0 Å². The van der Waals surface area contributed by atoms with Gasteiger partial charge in [0, 0.05) is 68.7 Å². The molecule has 210 valence electrons. The molecule has 0 spiro atoms. The first kappa shape index (κ1) is 26.7. The molecule has 3 heterocycles. The number of aryl methyl sites for hydroxylation is 1. The second-order valence-electron chi connectivity index (χ2n) is 10.9. The quantitative estimate of drug-likeness (QED) is 0.356. The third kappa shape index (κ3) is 5.87. The van der Waals surface area contributed by atoms with E-state index in [1.807, 2.05) is 72.5 Å². The molecule has 1 aliphatic heterocycles. The fourth-order valence-corrected chi connectivity index (χ4v) is 5.37. The molecule has 8 nitrogen and oxygen atoms in total. The summed E-state index contributed by atoms with van der Waals surface area (Å²) < 4.78 is 8.21. The number of nitrogens with zero attached hydrogens (tertiary/aromatic N) is 5. The van der Waals surface area contributed by atoms with E-state index in [9.17, 15) is 9.59 Å². The van der Waals surface area contributed by atoms with Gasteiger partial charge < -0.3 is 14.5 Å². The molecule has 2 aromatic heterocycles. The number of benzene rings is 2. The highest BCUT2D eigenvalue weighted by Crippen LogP contribution is 2.41. The first-order chi connectivity index (χ1) is 20.0. The highest BCUT2D eigenvalue weighted by atomic mass is 16.5. The van der Waals surface area contributed by atoms with Crippen molar-refractivity contribution in [2.45, 2.75) is 38.6 Å². The van der Waals surface area contributed by atoms with Crippen LogP contribution >= 0.6 is 0 Å². The Hall–Kier alpha value is -4.46. The largest absolute Gasteiger partial charge is 0.491 e. The molecule has 0 radical (unpaired) electrons. The van der Waals surface area contributed by atoms with Crippen molar-refractivity contribution in [2.24, 2.45) is 0 Å². The Kier molecular flexibility index (Phi) is 7.55. The summed E-state index contributed by atoms with van der Waals surface area (Å²) in [6.07, 6.45) is 8.23. The zero-order valence-electron chi connectivity index (χ0n) is 23.6. The molecule has 0 saturated heterocycles. The van der Waals surface area contributed by atoms with Crippen molar-refractivity contribution in [3.63, 3.8) is 0 Å². The van der Waals surface area contributed by atoms with Crippen molar-refractivity contribution in [2.75, 3.05) is 33.3 Å². The number of fused-ring (bicyclic) bond motifs is 3. The van der Waals surface area contributed by atoms with E-state index in [1.165, 1.54) is 0 Å². The highest BCUT2D eigenvalue weighted by molar-refractivity contribution is 5.96. The molecule has 8 heteroatoms. The van der Waals surface area contributed by atoms with E-state index in [2.05, 4.69) is 11.1 Å². The number of ether oxygens (including phenoxy) is 1. The molecule has 0 unspecified atom stereocenters. The van der Waals surface area contributed by atoms with Gasteiger partial charge in [0.15, 0.2) is 0 Å². The number of amides is 2. The lowest BCUT2D eigenvalue weighted by atomic mass is 9.98. The summed E-state index contributed by atoms with van der Waals surface area (Å²) in [4.78, 5) is 35.1. The molecule has 1 fully saturated rings. The number of pyridine rings is 1. The standard InChI is InChI=1S/C33H35N5O3/c1-3-38-22-29(31(35-38)24-9-10-24)33(40)37-15-14-36(2)32(39)26-7-4-6-23(18-26)19-28-20-25(27-8-5-13-34-21-27)11-12-30(28)41-17-16-37/h4-8,11-13,18,20-22,24H,3,9-10,14-17,19H2,1-2H3. The lowest BCUT2D eigenvalue weighted by Crippen LogP contribution is -2.41. The zero-order valence-corrected chi connectivity index (χ0v) is 23.6. The molecular formula is C33H35N5O3. The lowest BCUT2D eigenvalue weighted by Gasteiger charge is -2.27. The van der Waals surface area contributed by atoms with Gasteiger partial charge in [0.1, 0.15) is 12.4 Å². The summed E-state index contributed by atoms with van der Waals surface area (Å²) in [6.45, 7) is 4.30. The van der Waals surface area contributed by atoms with E-state index in [0.29, 0.717) is 56.3 Å². The molecule has 41 heavy (non-hydrogen) atoms. The minimum Gasteiger partial charge on any atom is -0.491 e. The number of hydrogen-bond acceptors (Lipinski definition) is 5. The van der Waals surface area contributed by atoms with Crippen LogP contribution in [0.15, 0.2) is 73.2 Å². The SMILES string of the molecule is CCn1cc(C(=O)N2CCOc3ccc(-c4cccnc4)cc3Cc3cccc(c3)C(=O)N(C)CC2)c(C2CC2)n1. The topological polar surface area (TPSA) is 80.6 Å². The van der Waals surface area contributed by atoms with Gasteiger partial charge in [-0.25, -0.2) is 0 Å². The van der Waals surface area contributed by atoms with Crippen LogP contribution in [0.3, 0.4) is 0 Å². The molecule has 2 aromatic carbocycles. The molecule has 1 saturated carbocycles. The maximum Gasteiger partial charge on any atom is 0.257 e. The van der Waals surface area contributed by atoms with Gasteiger partial charge in [0.05, 0.1) is 17.8 Å². The second-order valence-corrected chi connectivity index (χ2v) is 10.9. The maximum absolute atomic E-state index is 13.9. The van der Waals surface area contributed by atoms with Gasteiger partial charge in [-0.2, -0.15) is 5.10 Å². The van der Waals surface area contributed by atoms with Crippen molar-refractivity contribution < 1.29 is 14.3 Å². The normalized spacial score (nSPS) is 16.1. The Labute approximate surface area is 240 Å². The summed E-state index contributed by atoms with van der Waals surface area (Å²) >= 11 is 0. The highest BCUT2D eigenvalue weighted by Gasteiger charge is 2.33. The van der Waals surface area contributed by atoms with Crippen LogP contribution in [0.25, 0.3) is 11.1 Å². The van der Waals surface area contributed by atoms with Crippen LogP contribution in [0.5, 0.6) is 5.75 Å². The third-order valence-corrected chi connectivity index (χ3v) is 7.89. The van der Waals surface area contributed by atoms with Crippen molar-refractivity contribution >= 4 is 11.8 Å². The Balaban J connectivity index is 1.33. The van der Waals surface area contributed by atoms with Crippen molar-refractivity contribution in [3.05, 3.63) is 101 Å². The Morgan fingerprint density at radius 1 is 1.00 bits per heavy atom. The summed E-state index contributed by atoms with van der Waals surface area (Å²) in [6, 6.07) is 17.9. The Morgan fingerprint density at radius 2 is 1.85 bits per heavy atom. The molecule has 2 bridgehead atoms. The van der Waals surface area contributed by atoms with Gasteiger partial charge in [0.25, 0.3) is 11.8 Å². The first-order valence-electron chi connectivity index (χ1n) is 14.4. The van der Waals surface area contributed by atoms with Gasteiger partial charge in [-0.05, 0) is 66.8 Å². The molecule has 0 N–H and O–H groups in total. The summed E-state index contributed by atoms with van der Waals surface area (Å²) in [5, 5.41) is 4.71. The van der Waals surface area contributed by atoms with Gasteiger partial charge in [-0.1, -0.05) is 24.3 Å². The number of hydrogen-bond donors (Lipinski definition) is 0. The molecule has 2 aliphatic rings. The van der Waals surface area contributed by atoms with E-state index in [4.69, 9.17) is 9.84 Å². The van der Waals surface area contributed by atoms with Gasteiger partial charge in [-0.3, -0.25) is 19.3 Å². The lowest BCUT2D eigenvalue weighted by molar-refractivity contribution is 0.0667. The molecule has 1 aliphatic carbocycles. The fraction of sp³-hybridized carbons (Fsp3) is 0.333. The van der Waals surface area contributed by atoms with Crippen LogP contribution in [0.1, 0.15) is 63.2 Å². The first-order valence-corrected chi connectivity index (χ1v) is 14.4. The van der Waals surface area contributed by atoms with E-state index >= 15 is 0 Å². The van der Waals surface area contributed by atoms with Crippen LogP contribution in [-0.4, -0.2) is 69.7 Å².